The summed E-state index contributed by atoms with van der Waals surface area (Å²) in [6.45, 7) is 8.06. The summed E-state index contributed by atoms with van der Waals surface area (Å²) >= 11 is 0. The highest BCUT2D eigenvalue weighted by molar-refractivity contribution is 5.95. The van der Waals surface area contributed by atoms with Crippen LogP contribution in [0.1, 0.15) is 66.8 Å². The van der Waals surface area contributed by atoms with Crippen molar-refractivity contribution in [3.8, 4) is 11.6 Å². The number of halogens is 3. The lowest BCUT2D eigenvalue weighted by Crippen LogP contribution is -2.27. The first-order valence-corrected chi connectivity index (χ1v) is 10.3. The second-order valence-electron chi connectivity index (χ2n) is 7.61. The topological polar surface area (TPSA) is 69.0 Å². The number of benzene rings is 1. The van der Waals surface area contributed by atoms with Gasteiger partial charge in [-0.05, 0) is 49.6 Å². The lowest BCUT2D eigenvalue weighted by Gasteiger charge is -2.17. The number of amides is 1. The lowest BCUT2D eigenvalue weighted by molar-refractivity contribution is -0.137. The predicted molar refractivity (Wildman–Crippen MR) is 114 cm³/mol. The van der Waals surface area contributed by atoms with Crippen molar-refractivity contribution in [3.05, 3.63) is 71.2 Å². The molecule has 0 saturated heterocycles. The highest BCUT2D eigenvalue weighted by atomic mass is 19.4. The molecule has 2 heterocycles. The maximum absolute atomic E-state index is 13.0. The summed E-state index contributed by atoms with van der Waals surface area (Å²) < 4.78 is 45.5. The molecule has 0 saturated carbocycles. The molecule has 1 atom stereocenters. The minimum Gasteiger partial charge on any atom is -0.494 e. The molecule has 1 unspecified atom stereocenters. The van der Waals surface area contributed by atoms with Crippen LogP contribution in [0.2, 0.25) is 0 Å². The molecule has 0 spiro atoms. The SMILES string of the molecule is CCOc1cccc(C(C)NC(=O)c2cnn(-c3ccc(C(F)(F)F)cn3)c2C(C)C)c1. The van der Waals surface area contributed by atoms with Gasteiger partial charge in [0.25, 0.3) is 5.91 Å². The third kappa shape index (κ3) is 5.09. The van der Waals surface area contributed by atoms with Crippen molar-refractivity contribution in [3.63, 3.8) is 0 Å². The highest BCUT2D eigenvalue weighted by Gasteiger charge is 2.31. The van der Waals surface area contributed by atoms with Gasteiger partial charge in [-0.2, -0.15) is 18.3 Å². The third-order valence-corrected chi connectivity index (χ3v) is 4.91. The van der Waals surface area contributed by atoms with E-state index < -0.39 is 11.7 Å². The fourth-order valence-corrected chi connectivity index (χ4v) is 3.35. The number of ether oxygens (including phenoxy) is 1. The number of carbonyl (C=O) groups is 1. The normalized spacial score (nSPS) is 12.6. The van der Waals surface area contributed by atoms with Gasteiger partial charge in [-0.15, -0.1) is 0 Å². The Bertz CT molecular complexity index is 1080. The molecule has 6 nitrogen and oxygen atoms in total. The Labute approximate surface area is 184 Å². The smallest absolute Gasteiger partial charge is 0.417 e. The predicted octanol–water partition coefficient (Wildman–Crippen LogP) is 5.30. The number of pyridine rings is 1. The Hall–Kier alpha value is -3.36. The average Bonchev–Trinajstić information content (AvgIpc) is 3.19. The lowest BCUT2D eigenvalue weighted by atomic mass is 10.0. The van der Waals surface area contributed by atoms with Crippen LogP contribution in [-0.4, -0.2) is 27.3 Å². The van der Waals surface area contributed by atoms with Crippen LogP contribution in [-0.2, 0) is 6.18 Å². The average molecular weight is 446 g/mol. The van der Waals surface area contributed by atoms with Gasteiger partial charge in [0.15, 0.2) is 5.82 Å². The van der Waals surface area contributed by atoms with E-state index in [-0.39, 0.29) is 23.7 Å². The number of alkyl halides is 3. The first kappa shape index (κ1) is 23.3. The molecule has 0 radical (unpaired) electrons. The molecule has 9 heteroatoms. The van der Waals surface area contributed by atoms with E-state index >= 15 is 0 Å². The fourth-order valence-electron chi connectivity index (χ4n) is 3.35. The fraction of sp³-hybridized carbons (Fsp3) is 0.348. The van der Waals surface area contributed by atoms with Crippen LogP contribution in [0.4, 0.5) is 13.2 Å². The van der Waals surface area contributed by atoms with E-state index in [1.165, 1.54) is 16.9 Å². The molecule has 3 aromatic rings. The first-order chi connectivity index (χ1) is 15.1. The summed E-state index contributed by atoms with van der Waals surface area (Å²) in [4.78, 5) is 16.9. The van der Waals surface area contributed by atoms with Crippen LogP contribution >= 0.6 is 0 Å². The number of nitrogens with one attached hydrogen (secondary N) is 1. The molecule has 1 amide bonds. The molecule has 0 bridgehead atoms. The molecule has 170 valence electrons. The van der Waals surface area contributed by atoms with Gasteiger partial charge in [0.1, 0.15) is 5.75 Å². The Balaban J connectivity index is 1.86. The number of rotatable bonds is 7. The number of hydrogen-bond donors (Lipinski definition) is 1. The Kier molecular flexibility index (Phi) is 6.86. The summed E-state index contributed by atoms with van der Waals surface area (Å²) in [6, 6.07) is 9.36. The molecule has 1 N–H and O–H groups in total. The van der Waals surface area contributed by atoms with E-state index in [9.17, 15) is 18.0 Å². The molecule has 0 aliphatic rings. The summed E-state index contributed by atoms with van der Waals surface area (Å²) in [6.07, 6.45) is -2.31. The molecule has 3 rings (SSSR count). The molecular weight excluding hydrogens is 421 g/mol. The van der Waals surface area contributed by atoms with Crippen LogP contribution in [0.15, 0.2) is 48.8 Å². The zero-order valence-electron chi connectivity index (χ0n) is 18.3. The standard InChI is InChI=1S/C23H25F3N4O2/c1-5-32-18-8-6-7-16(11-18)15(4)29-22(31)19-13-28-30(21(19)14(2)3)20-10-9-17(12-27-20)23(24,25)26/h6-15H,5H2,1-4H3,(H,29,31). The van der Waals surface area contributed by atoms with Gasteiger partial charge in [-0.1, -0.05) is 26.0 Å². The quantitative estimate of drug-likeness (QED) is 0.535. The number of carbonyl (C=O) groups excluding carboxylic acids is 1. The Morgan fingerprint density at radius 3 is 2.50 bits per heavy atom. The van der Waals surface area contributed by atoms with Crippen molar-refractivity contribution in [1.82, 2.24) is 20.1 Å². The summed E-state index contributed by atoms with van der Waals surface area (Å²) in [5.41, 5.74) is 0.937. The van der Waals surface area contributed by atoms with Gasteiger partial charge in [-0.3, -0.25) is 4.79 Å². The summed E-state index contributed by atoms with van der Waals surface area (Å²) in [7, 11) is 0. The first-order valence-electron chi connectivity index (χ1n) is 10.3. The Morgan fingerprint density at radius 2 is 1.91 bits per heavy atom. The maximum Gasteiger partial charge on any atom is 0.417 e. The zero-order valence-corrected chi connectivity index (χ0v) is 18.3. The zero-order chi connectivity index (χ0) is 23.5. The second-order valence-corrected chi connectivity index (χ2v) is 7.61. The van der Waals surface area contributed by atoms with Crippen LogP contribution in [0.3, 0.4) is 0 Å². The van der Waals surface area contributed by atoms with Crippen molar-refractivity contribution in [2.75, 3.05) is 6.61 Å². The van der Waals surface area contributed by atoms with E-state index in [4.69, 9.17) is 4.74 Å². The minimum atomic E-state index is -4.48. The van der Waals surface area contributed by atoms with Crippen molar-refractivity contribution < 1.29 is 22.7 Å². The minimum absolute atomic E-state index is 0.126. The van der Waals surface area contributed by atoms with E-state index in [0.717, 1.165) is 23.6 Å². The van der Waals surface area contributed by atoms with Gasteiger partial charge in [0, 0.05) is 6.20 Å². The molecule has 1 aromatic carbocycles. The molecule has 0 aliphatic heterocycles. The maximum atomic E-state index is 13.0. The second kappa shape index (κ2) is 9.42. The van der Waals surface area contributed by atoms with Gasteiger partial charge in [-0.25, -0.2) is 9.67 Å². The Morgan fingerprint density at radius 1 is 1.16 bits per heavy atom. The van der Waals surface area contributed by atoms with Crippen LogP contribution in [0.5, 0.6) is 5.75 Å². The van der Waals surface area contributed by atoms with Crippen LogP contribution in [0, 0.1) is 0 Å². The number of nitrogens with zero attached hydrogens (tertiary/aromatic N) is 3. The highest BCUT2D eigenvalue weighted by Crippen LogP contribution is 2.29. The summed E-state index contributed by atoms with van der Waals surface area (Å²) in [5, 5.41) is 7.19. The van der Waals surface area contributed by atoms with Crippen molar-refractivity contribution >= 4 is 5.91 Å². The van der Waals surface area contributed by atoms with Crippen molar-refractivity contribution in [2.24, 2.45) is 0 Å². The molecule has 0 aliphatic carbocycles. The van der Waals surface area contributed by atoms with Gasteiger partial charge < -0.3 is 10.1 Å². The van der Waals surface area contributed by atoms with Crippen molar-refractivity contribution in [1.29, 1.82) is 0 Å². The van der Waals surface area contributed by atoms with Crippen molar-refractivity contribution in [2.45, 2.75) is 45.8 Å². The van der Waals surface area contributed by atoms with E-state index in [0.29, 0.717) is 17.9 Å². The largest absolute Gasteiger partial charge is 0.494 e. The van der Waals surface area contributed by atoms with E-state index in [1.54, 1.807) is 0 Å². The summed E-state index contributed by atoms with van der Waals surface area (Å²) in [5.74, 6) is 0.466. The molecular formula is C23H25F3N4O2. The van der Waals surface area contributed by atoms with Gasteiger partial charge in [0.05, 0.1) is 35.7 Å². The number of aromatic nitrogens is 3. The third-order valence-electron chi connectivity index (χ3n) is 4.91. The number of hydrogen-bond acceptors (Lipinski definition) is 4. The van der Waals surface area contributed by atoms with Crippen LogP contribution < -0.4 is 10.1 Å². The molecule has 0 fully saturated rings. The van der Waals surface area contributed by atoms with Gasteiger partial charge in [0.2, 0.25) is 0 Å². The monoisotopic (exact) mass is 446 g/mol. The molecule has 32 heavy (non-hydrogen) atoms. The van der Waals surface area contributed by atoms with E-state index in [1.807, 2.05) is 52.0 Å². The molecule has 2 aromatic heterocycles. The van der Waals surface area contributed by atoms with Gasteiger partial charge >= 0.3 is 6.18 Å². The van der Waals surface area contributed by atoms with E-state index in [2.05, 4.69) is 15.4 Å². The van der Waals surface area contributed by atoms with Crippen LogP contribution in [0.25, 0.3) is 5.82 Å².